The molecule has 1 aliphatic rings. The number of ether oxygens (including phenoxy) is 1. The van der Waals surface area contributed by atoms with Crippen LogP contribution in [0.5, 0.6) is 0 Å². The summed E-state index contributed by atoms with van der Waals surface area (Å²) in [5.41, 5.74) is 8.91. The molecule has 1 heterocycles. The van der Waals surface area contributed by atoms with Crippen LogP contribution >= 0.6 is 0 Å². The fraction of sp³-hybridized carbons (Fsp3) is 0.538. The maximum absolute atomic E-state index is 6.32. The Labute approximate surface area is 91.4 Å². The van der Waals surface area contributed by atoms with E-state index in [1.807, 2.05) is 0 Å². The summed E-state index contributed by atoms with van der Waals surface area (Å²) in [4.78, 5) is 0. The Bertz CT molecular complexity index is 318. The van der Waals surface area contributed by atoms with Gasteiger partial charge in [0.05, 0.1) is 0 Å². The minimum absolute atomic E-state index is 0.176. The molecule has 1 atom stereocenters. The molecule has 0 unspecified atom stereocenters. The van der Waals surface area contributed by atoms with Crippen LogP contribution in [0.2, 0.25) is 0 Å². The van der Waals surface area contributed by atoms with Crippen molar-refractivity contribution < 1.29 is 4.74 Å². The Morgan fingerprint density at radius 2 is 1.93 bits per heavy atom. The molecule has 0 aromatic heterocycles. The van der Waals surface area contributed by atoms with Crippen LogP contribution in [0.3, 0.4) is 0 Å². The zero-order valence-electron chi connectivity index (χ0n) is 9.28. The average molecular weight is 205 g/mol. The molecule has 0 aliphatic carbocycles. The first-order chi connectivity index (χ1) is 7.29. The highest BCUT2D eigenvalue weighted by Gasteiger charge is 2.22. The minimum atomic E-state index is 0.176. The molecule has 0 amide bonds. The summed E-state index contributed by atoms with van der Waals surface area (Å²) in [5, 5.41) is 0. The second-order valence-corrected chi connectivity index (χ2v) is 4.33. The predicted octanol–water partition coefficient (Wildman–Crippen LogP) is 2.42. The third kappa shape index (κ3) is 2.39. The highest BCUT2D eigenvalue weighted by atomic mass is 16.5. The Kier molecular flexibility index (Phi) is 3.39. The molecule has 82 valence electrons. The summed E-state index contributed by atoms with van der Waals surface area (Å²) < 4.78 is 5.36. The van der Waals surface area contributed by atoms with Gasteiger partial charge in [-0.1, -0.05) is 24.3 Å². The zero-order valence-corrected chi connectivity index (χ0v) is 9.28. The van der Waals surface area contributed by atoms with Crippen molar-refractivity contribution in [3.8, 4) is 0 Å². The lowest BCUT2D eigenvalue weighted by atomic mass is 9.86. The lowest BCUT2D eigenvalue weighted by Crippen LogP contribution is -2.27. The lowest BCUT2D eigenvalue weighted by Gasteiger charge is -2.28. The van der Waals surface area contributed by atoms with Crippen LogP contribution in [0.1, 0.15) is 30.0 Å². The van der Waals surface area contributed by atoms with Gasteiger partial charge in [0.1, 0.15) is 0 Å². The van der Waals surface area contributed by atoms with Crippen LogP contribution in [0.15, 0.2) is 24.3 Å². The van der Waals surface area contributed by atoms with E-state index in [1.165, 1.54) is 11.1 Å². The van der Waals surface area contributed by atoms with Crippen LogP contribution < -0.4 is 5.73 Å². The Balaban J connectivity index is 2.12. The third-order valence-corrected chi connectivity index (χ3v) is 3.32. The SMILES string of the molecule is Cc1ccccc1[C@@H](N)C1CCOCC1. The van der Waals surface area contributed by atoms with Gasteiger partial charge in [-0.15, -0.1) is 0 Å². The smallest absolute Gasteiger partial charge is 0.0469 e. The number of hydrogen-bond donors (Lipinski definition) is 1. The summed E-state index contributed by atoms with van der Waals surface area (Å²) in [6.45, 7) is 3.86. The second-order valence-electron chi connectivity index (χ2n) is 4.33. The molecule has 2 rings (SSSR count). The first-order valence-electron chi connectivity index (χ1n) is 5.68. The molecule has 1 fully saturated rings. The molecule has 0 spiro atoms. The minimum Gasteiger partial charge on any atom is -0.381 e. The summed E-state index contributed by atoms with van der Waals surface area (Å²) in [7, 11) is 0. The van der Waals surface area contributed by atoms with Crippen LogP contribution in [0.25, 0.3) is 0 Å². The molecular weight excluding hydrogens is 186 g/mol. The van der Waals surface area contributed by atoms with Gasteiger partial charge in [0.15, 0.2) is 0 Å². The summed E-state index contributed by atoms with van der Waals surface area (Å²) in [6, 6.07) is 8.59. The molecule has 0 radical (unpaired) electrons. The number of rotatable bonds is 2. The molecule has 1 aromatic rings. The summed E-state index contributed by atoms with van der Waals surface area (Å²) in [5.74, 6) is 0.583. The molecular formula is C13H19NO. The van der Waals surface area contributed by atoms with Gasteiger partial charge >= 0.3 is 0 Å². The van der Waals surface area contributed by atoms with Crippen molar-refractivity contribution in [3.05, 3.63) is 35.4 Å². The fourth-order valence-electron chi connectivity index (χ4n) is 2.29. The van der Waals surface area contributed by atoms with Gasteiger partial charge in [-0.2, -0.15) is 0 Å². The largest absolute Gasteiger partial charge is 0.381 e. The van der Waals surface area contributed by atoms with Crippen molar-refractivity contribution in [2.45, 2.75) is 25.8 Å². The summed E-state index contributed by atoms with van der Waals surface area (Å²) in [6.07, 6.45) is 2.19. The zero-order chi connectivity index (χ0) is 10.7. The maximum atomic E-state index is 6.32. The average Bonchev–Trinajstić information content (AvgIpc) is 2.30. The fourth-order valence-corrected chi connectivity index (χ4v) is 2.29. The number of hydrogen-bond acceptors (Lipinski definition) is 2. The van der Waals surface area contributed by atoms with E-state index in [1.54, 1.807) is 0 Å². The number of benzene rings is 1. The lowest BCUT2D eigenvalue weighted by molar-refractivity contribution is 0.0583. The standard InChI is InChI=1S/C13H19NO/c1-10-4-2-3-5-12(10)13(14)11-6-8-15-9-7-11/h2-5,11,13H,6-9,14H2,1H3/t13-/m0/s1. The quantitative estimate of drug-likeness (QED) is 0.804. The molecule has 15 heavy (non-hydrogen) atoms. The van der Waals surface area contributed by atoms with Crippen molar-refractivity contribution in [1.82, 2.24) is 0 Å². The number of aryl methyl sites for hydroxylation is 1. The second kappa shape index (κ2) is 4.77. The first-order valence-corrected chi connectivity index (χ1v) is 5.68. The predicted molar refractivity (Wildman–Crippen MR) is 61.7 cm³/mol. The van der Waals surface area contributed by atoms with Crippen molar-refractivity contribution in [3.63, 3.8) is 0 Å². The molecule has 0 bridgehead atoms. The molecule has 1 saturated heterocycles. The van der Waals surface area contributed by atoms with Gasteiger partial charge in [-0.05, 0) is 36.8 Å². The van der Waals surface area contributed by atoms with Gasteiger partial charge in [0, 0.05) is 19.3 Å². The van der Waals surface area contributed by atoms with E-state index in [2.05, 4.69) is 31.2 Å². The third-order valence-electron chi connectivity index (χ3n) is 3.32. The van der Waals surface area contributed by atoms with Crippen LogP contribution in [0, 0.1) is 12.8 Å². The van der Waals surface area contributed by atoms with E-state index in [9.17, 15) is 0 Å². The van der Waals surface area contributed by atoms with Crippen LogP contribution in [-0.4, -0.2) is 13.2 Å². The molecule has 2 N–H and O–H groups in total. The normalized spacial score (nSPS) is 20.1. The number of nitrogens with two attached hydrogens (primary N) is 1. The van der Waals surface area contributed by atoms with E-state index >= 15 is 0 Å². The molecule has 1 aromatic carbocycles. The Hall–Kier alpha value is -0.860. The molecule has 2 nitrogen and oxygen atoms in total. The first kappa shape index (κ1) is 10.7. The highest BCUT2D eigenvalue weighted by molar-refractivity contribution is 5.28. The van der Waals surface area contributed by atoms with Gasteiger partial charge in [-0.3, -0.25) is 0 Å². The Morgan fingerprint density at radius 3 is 2.60 bits per heavy atom. The van der Waals surface area contributed by atoms with E-state index < -0.39 is 0 Å². The van der Waals surface area contributed by atoms with Crippen molar-refractivity contribution in [1.29, 1.82) is 0 Å². The topological polar surface area (TPSA) is 35.2 Å². The molecule has 0 saturated carbocycles. The highest BCUT2D eigenvalue weighted by Crippen LogP contribution is 2.29. The maximum Gasteiger partial charge on any atom is 0.0469 e. The van der Waals surface area contributed by atoms with Gasteiger partial charge in [0.25, 0.3) is 0 Å². The van der Waals surface area contributed by atoms with Crippen molar-refractivity contribution in [2.24, 2.45) is 11.7 Å². The van der Waals surface area contributed by atoms with Crippen molar-refractivity contribution in [2.75, 3.05) is 13.2 Å². The molecule has 2 heteroatoms. The summed E-state index contributed by atoms with van der Waals surface area (Å²) >= 11 is 0. The van der Waals surface area contributed by atoms with E-state index in [-0.39, 0.29) is 6.04 Å². The van der Waals surface area contributed by atoms with Gasteiger partial charge in [-0.25, -0.2) is 0 Å². The van der Waals surface area contributed by atoms with Gasteiger partial charge in [0.2, 0.25) is 0 Å². The van der Waals surface area contributed by atoms with Crippen molar-refractivity contribution >= 4 is 0 Å². The van der Waals surface area contributed by atoms with Crippen LogP contribution in [-0.2, 0) is 4.74 Å². The van der Waals surface area contributed by atoms with Crippen LogP contribution in [0.4, 0.5) is 0 Å². The van der Waals surface area contributed by atoms with E-state index in [0.717, 1.165) is 26.1 Å². The monoisotopic (exact) mass is 205 g/mol. The molecule has 1 aliphatic heterocycles. The Morgan fingerprint density at radius 1 is 1.27 bits per heavy atom. The van der Waals surface area contributed by atoms with E-state index in [0.29, 0.717) is 5.92 Å². The van der Waals surface area contributed by atoms with Gasteiger partial charge < -0.3 is 10.5 Å². The van der Waals surface area contributed by atoms with E-state index in [4.69, 9.17) is 10.5 Å².